The van der Waals surface area contributed by atoms with E-state index in [1.807, 2.05) is 0 Å². The van der Waals surface area contributed by atoms with Gasteiger partial charge in [-0.15, -0.1) is 0 Å². The van der Waals surface area contributed by atoms with Crippen molar-refractivity contribution in [3.63, 3.8) is 0 Å². The van der Waals surface area contributed by atoms with Gasteiger partial charge in [-0.1, -0.05) is 0 Å². The smallest absolute Gasteiger partial charge is 0.104 e. The molecule has 2 aliphatic rings. The lowest BCUT2D eigenvalue weighted by atomic mass is 10.1. The molecular formula is C12H22O5. The van der Waals surface area contributed by atoms with Crippen LogP contribution in [0.15, 0.2) is 0 Å². The molecule has 0 radical (unpaired) electrons. The van der Waals surface area contributed by atoms with Gasteiger partial charge in [0.15, 0.2) is 0 Å². The molecule has 100 valence electrons. The van der Waals surface area contributed by atoms with E-state index in [0.29, 0.717) is 32.0 Å². The predicted octanol–water partition coefficient (Wildman–Crippen LogP) is 0.348. The first-order valence-corrected chi connectivity index (χ1v) is 6.42. The maximum atomic E-state index is 8.76. The van der Waals surface area contributed by atoms with Crippen molar-refractivity contribution in [3.8, 4) is 0 Å². The van der Waals surface area contributed by atoms with E-state index in [4.69, 9.17) is 24.1 Å². The second-order valence-electron chi connectivity index (χ2n) is 4.62. The molecule has 2 saturated heterocycles. The van der Waals surface area contributed by atoms with Crippen LogP contribution < -0.4 is 0 Å². The van der Waals surface area contributed by atoms with Crippen molar-refractivity contribution in [3.05, 3.63) is 0 Å². The highest BCUT2D eigenvalue weighted by molar-refractivity contribution is 4.70. The van der Waals surface area contributed by atoms with Gasteiger partial charge in [-0.25, -0.2) is 0 Å². The van der Waals surface area contributed by atoms with Crippen LogP contribution in [0.3, 0.4) is 0 Å². The van der Waals surface area contributed by atoms with E-state index in [0.717, 1.165) is 32.5 Å². The summed E-state index contributed by atoms with van der Waals surface area (Å²) in [4.78, 5) is 0. The number of aliphatic hydroxyl groups is 1. The highest BCUT2D eigenvalue weighted by Gasteiger charge is 2.25. The lowest BCUT2D eigenvalue weighted by Crippen LogP contribution is -2.23. The zero-order valence-electron chi connectivity index (χ0n) is 10.2. The number of hydrogen-bond acceptors (Lipinski definition) is 5. The molecule has 0 aromatic rings. The van der Waals surface area contributed by atoms with Crippen LogP contribution in [-0.2, 0) is 18.9 Å². The molecule has 17 heavy (non-hydrogen) atoms. The lowest BCUT2D eigenvalue weighted by Gasteiger charge is -2.17. The SMILES string of the molecule is OCCCCC(COCC1CO1)OCC1CO1. The van der Waals surface area contributed by atoms with Crippen LogP contribution in [-0.4, -0.2) is 63.1 Å². The summed E-state index contributed by atoms with van der Waals surface area (Å²) in [6, 6.07) is 0. The minimum Gasteiger partial charge on any atom is -0.396 e. The third kappa shape index (κ3) is 6.33. The lowest BCUT2D eigenvalue weighted by molar-refractivity contribution is -0.0291. The van der Waals surface area contributed by atoms with Gasteiger partial charge in [0.25, 0.3) is 0 Å². The highest BCUT2D eigenvalue weighted by Crippen LogP contribution is 2.14. The molecule has 0 saturated carbocycles. The summed E-state index contributed by atoms with van der Waals surface area (Å²) in [5, 5.41) is 8.76. The summed E-state index contributed by atoms with van der Waals surface area (Å²) < 4.78 is 21.5. The molecule has 3 atom stereocenters. The Labute approximate surface area is 102 Å². The Morgan fingerprint density at radius 1 is 1.12 bits per heavy atom. The van der Waals surface area contributed by atoms with Gasteiger partial charge < -0.3 is 24.1 Å². The Bertz CT molecular complexity index is 203. The Hall–Kier alpha value is -0.200. The van der Waals surface area contributed by atoms with Crippen molar-refractivity contribution >= 4 is 0 Å². The van der Waals surface area contributed by atoms with E-state index in [1.54, 1.807) is 0 Å². The van der Waals surface area contributed by atoms with Crippen molar-refractivity contribution in [2.24, 2.45) is 0 Å². The highest BCUT2D eigenvalue weighted by atomic mass is 16.6. The molecule has 0 amide bonds. The number of aliphatic hydroxyl groups excluding tert-OH is 1. The van der Waals surface area contributed by atoms with Crippen LogP contribution in [0.2, 0.25) is 0 Å². The van der Waals surface area contributed by atoms with E-state index < -0.39 is 0 Å². The van der Waals surface area contributed by atoms with E-state index in [9.17, 15) is 0 Å². The van der Waals surface area contributed by atoms with Gasteiger partial charge in [0.2, 0.25) is 0 Å². The molecule has 2 rings (SSSR count). The van der Waals surface area contributed by atoms with Crippen molar-refractivity contribution in [2.75, 3.05) is 39.6 Å². The molecule has 1 N–H and O–H groups in total. The van der Waals surface area contributed by atoms with Gasteiger partial charge in [-0.3, -0.25) is 0 Å². The maximum absolute atomic E-state index is 8.76. The molecule has 5 nitrogen and oxygen atoms in total. The van der Waals surface area contributed by atoms with Gasteiger partial charge in [0, 0.05) is 6.61 Å². The second kappa shape index (κ2) is 7.28. The minimum absolute atomic E-state index is 0.115. The van der Waals surface area contributed by atoms with Crippen LogP contribution in [0.5, 0.6) is 0 Å². The standard InChI is InChI=1S/C12H22O5/c13-4-2-1-3-10(15-8-12-9-17-12)5-14-6-11-7-16-11/h10-13H,1-9H2. The van der Waals surface area contributed by atoms with E-state index in [-0.39, 0.29) is 12.7 Å². The molecule has 3 unspecified atom stereocenters. The van der Waals surface area contributed by atoms with Gasteiger partial charge in [-0.05, 0) is 19.3 Å². The van der Waals surface area contributed by atoms with Crippen LogP contribution in [0.4, 0.5) is 0 Å². The van der Waals surface area contributed by atoms with Crippen molar-refractivity contribution < 1.29 is 24.1 Å². The number of rotatable bonds is 11. The van der Waals surface area contributed by atoms with Crippen molar-refractivity contribution in [1.82, 2.24) is 0 Å². The molecule has 0 spiro atoms. The summed E-state index contributed by atoms with van der Waals surface area (Å²) in [5.41, 5.74) is 0. The number of epoxide rings is 2. The van der Waals surface area contributed by atoms with Crippen molar-refractivity contribution in [2.45, 2.75) is 37.6 Å². The van der Waals surface area contributed by atoms with Crippen LogP contribution in [0, 0.1) is 0 Å². The molecular weight excluding hydrogens is 224 g/mol. The predicted molar refractivity (Wildman–Crippen MR) is 61.0 cm³/mol. The third-order valence-electron chi connectivity index (χ3n) is 2.86. The molecule has 0 aliphatic carbocycles. The average molecular weight is 246 g/mol. The number of unbranched alkanes of at least 4 members (excludes halogenated alkanes) is 1. The maximum Gasteiger partial charge on any atom is 0.104 e. The Balaban J connectivity index is 1.54. The molecule has 2 fully saturated rings. The van der Waals surface area contributed by atoms with E-state index >= 15 is 0 Å². The number of hydrogen-bond donors (Lipinski definition) is 1. The van der Waals surface area contributed by atoms with Crippen LogP contribution >= 0.6 is 0 Å². The van der Waals surface area contributed by atoms with Gasteiger partial charge in [0.05, 0.1) is 39.1 Å². The molecule has 5 heteroatoms. The molecule has 2 heterocycles. The first-order valence-electron chi connectivity index (χ1n) is 6.42. The Morgan fingerprint density at radius 2 is 1.82 bits per heavy atom. The summed E-state index contributed by atoms with van der Waals surface area (Å²) in [6.45, 7) is 3.83. The quantitative estimate of drug-likeness (QED) is 0.421. The summed E-state index contributed by atoms with van der Waals surface area (Å²) >= 11 is 0. The Morgan fingerprint density at radius 3 is 2.47 bits per heavy atom. The third-order valence-corrected chi connectivity index (χ3v) is 2.86. The fourth-order valence-corrected chi connectivity index (χ4v) is 1.60. The van der Waals surface area contributed by atoms with Crippen molar-refractivity contribution in [1.29, 1.82) is 0 Å². The average Bonchev–Trinajstić information content (AvgIpc) is 3.18. The number of ether oxygens (including phenoxy) is 4. The normalized spacial score (nSPS) is 28.1. The fourth-order valence-electron chi connectivity index (χ4n) is 1.60. The molecule has 0 bridgehead atoms. The Kier molecular flexibility index (Phi) is 5.67. The monoisotopic (exact) mass is 246 g/mol. The zero-order valence-corrected chi connectivity index (χ0v) is 10.2. The summed E-state index contributed by atoms with van der Waals surface area (Å²) in [7, 11) is 0. The van der Waals surface area contributed by atoms with E-state index in [1.165, 1.54) is 0 Å². The first-order chi connectivity index (χ1) is 8.38. The largest absolute Gasteiger partial charge is 0.396 e. The fraction of sp³-hybridized carbons (Fsp3) is 1.00. The second-order valence-corrected chi connectivity index (χ2v) is 4.62. The molecule has 2 aliphatic heterocycles. The molecule has 0 aromatic carbocycles. The van der Waals surface area contributed by atoms with Crippen LogP contribution in [0.25, 0.3) is 0 Å². The summed E-state index contributed by atoms with van der Waals surface area (Å²) in [6.07, 6.45) is 3.44. The van der Waals surface area contributed by atoms with Crippen LogP contribution in [0.1, 0.15) is 19.3 Å². The molecule has 0 aromatic heterocycles. The topological polar surface area (TPSA) is 63.8 Å². The zero-order chi connectivity index (χ0) is 11.9. The van der Waals surface area contributed by atoms with E-state index in [2.05, 4.69) is 0 Å². The van der Waals surface area contributed by atoms with Gasteiger partial charge >= 0.3 is 0 Å². The van der Waals surface area contributed by atoms with Gasteiger partial charge in [-0.2, -0.15) is 0 Å². The summed E-state index contributed by atoms with van der Waals surface area (Å²) in [5.74, 6) is 0. The van der Waals surface area contributed by atoms with Gasteiger partial charge in [0.1, 0.15) is 12.2 Å². The first kappa shape index (κ1) is 13.2. The minimum atomic E-state index is 0.115.